The Bertz CT molecular complexity index is 411. The zero-order valence-electron chi connectivity index (χ0n) is 13.4. The van der Waals surface area contributed by atoms with Crippen LogP contribution in [0.2, 0.25) is 0 Å². The lowest BCUT2D eigenvalue weighted by molar-refractivity contribution is 0.0807. The third kappa shape index (κ3) is 6.04. The number of nitrogens with one attached hydrogen (secondary N) is 1. The Balaban J connectivity index is 1.58. The third-order valence-electron chi connectivity index (χ3n) is 3.22. The second-order valence-electron chi connectivity index (χ2n) is 5.36. The third-order valence-corrected chi connectivity index (χ3v) is 3.72. The first-order chi connectivity index (χ1) is 10.8. The van der Waals surface area contributed by atoms with Crippen LogP contribution in [0.1, 0.15) is 20.3 Å². The molecule has 8 heteroatoms. The van der Waals surface area contributed by atoms with Gasteiger partial charge in [0.1, 0.15) is 0 Å². The van der Waals surface area contributed by atoms with Crippen molar-refractivity contribution in [3.05, 3.63) is 0 Å². The van der Waals surface area contributed by atoms with E-state index in [0.29, 0.717) is 18.6 Å². The molecule has 2 heterocycles. The SMILES string of the molecule is CC(C)OCCNCCCOc1nsnc1N1CCOCC1. The summed E-state index contributed by atoms with van der Waals surface area (Å²) in [5.41, 5.74) is 0. The number of aromatic nitrogens is 2. The molecule has 0 amide bonds. The Hall–Kier alpha value is -0.960. The molecule has 2 rings (SSSR count). The average Bonchev–Trinajstić information content (AvgIpc) is 2.99. The van der Waals surface area contributed by atoms with Gasteiger partial charge in [-0.25, -0.2) is 0 Å². The molecule has 1 saturated heterocycles. The van der Waals surface area contributed by atoms with Crippen LogP contribution < -0.4 is 15.0 Å². The summed E-state index contributed by atoms with van der Waals surface area (Å²) in [5.74, 6) is 1.50. The monoisotopic (exact) mass is 330 g/mol. The minimum absolute atomic E-state index is 0.293. The van der Waals surface area contributed by atoms with Gasteiger partial charge in [-0.1, -0.05) is 0 Å². The lowest BCUT2D eigenvalue weighted by Gasteiger charge is -2.26. The van der Waals surface area contributed by atoms with E-state index in [0.717, 1.165) is 58.2 Å². The summed E-state index contributed by atoms with van der Waals surface area (Å²) in [6.07, 6.45) is 1.22. The molecule has 0 aromatic carbocycles. The van der Waals surface area contributed by atoms with E-state index >= 15 is 0 Å². The molecule has 1 N–H and O–H groups in total. The summed E-state index contributed by atoms with van der Waals surface area (Å²) >= 11 is 1.20. The van der Waals surface area contributed by atoms with Gasteiger partial charge in [-0.15, -0.1) is 4.37 Å². The molecular formula is C14H26N4O3S. The Morgan fingerprint density at radius 1 is 1.23 bits per heavy atom. The molecule has 126 valence electrons. The zero-order valence-corrected chi connectivity index (χ0v) is 14.2. The first kappa shape index (κ1) is 17.4. The van der Waals surface area contributed by atoms with E-state index in [9.17, 15) is 0 Å². The Kier molecular flexibility index (Phi) is 7.86. The van der Waals surface area contributed by atoms with Crippen molar-refractivity contribution in [1.29, 1.82) is 0 Å². The molecule has 0 atom stereocenters. The molecule has 0 radical (unpaired) electrons. The van der Waals surface area contributed by atoms with Crippen molar-refractivity contribution in [3.8, 4) is 5.88 Å². The highest BCUT2D eigenvalue weighted by molar-refractivity contribution is 6.99. The standard InChI is InChI=1S/C14H26N4O3S/c1-12(2)20-9-5-15-4-3-8-21-14-13(16-22-17-14)18-6-10-19-11-7-18/h12,15H,3-11H2,1-2H3. The van der Waals surface area contributed by atoms with Gasteiger partial charge in [0, 0.05) is 19.6 Å². The molecule has 1 aromatic rings. The van der Waals surface area contributed by atoms with Crippen molar-refractivity contribution in [2.45, 2.75) is 26.4 Å². The largest absolute Gasteiger partial charge is 0.474 e. The van der Waals surface area contributed by atoms with Gasteiger partial charge in [-0.05, 0) is 26.8 Å². The van der Waals surface area contributed by atoms with E-state index in [2.05, 4.69) is 19.0 Å². The summed E-state index contributed by atoms with van der Waals surface area (Å²) in [5, 5.41) is 3.33. The molecule has 0 aliphatic carbocycles. The fourth-order valence-electron chi connectivity index (χ4n) is 2.09. The fourth-order valence-corrected chi connectivity index (χ4v) is 2.61. The highest BCUT2D eigenvalue weighted by Crippen LogP contribution is 2.26. The molecule has 0 bridgehead atoms. The number of anilines is 1. The molecule has 0 spiro atoms. The van der Waals surface area contributed by atoms with Crippen molar-refractivity contribution in [2.75, 3.05) is 57.5 Å². The minimum Gasteiger partial charge on any atom is -0.474 e. The minimum atomic E-state index is 0.293. The van der Waals surface area contributed by atoms with E-state index in [-0.39, 0.29) is 0 Å². The number of morpholine rings is 1. The molecule has 0 saturated carbocycles. The normalized spacial score (nSPS) is 15.5. The molecule has 7 nitrogen and oxygen atoms in total. The van der Waals surface area contributed by atoms with Crippen molar-refractivity contribution in [3.63, 3.8) is 0 Å². The van der Waals surface area contributed by atoms with Crippen LogP contribution in [0.25, 0.3) is 0 Å². The van der Waals surface area contributed by atoms with Crippen molar-refractivity contribution in [2.24, 2.45) is 0 Å². The second-order valence-corrected chi connectivity index (χ2v) is 5.89. The average molecular weight is 330 g/mol. The van der Waals surface area contributed by atoms with Crippen LogP contribution in [0.15, 0.2) is 0 Å². The number of rotatable bonds is 10. The summed E-state index contributed by atoms with van der Waals surface area (Å²) in [4.78, 5) is 2.17. The van der Waals surface area contributed by atoms with E-state index in [1.807, 2.05) is 13.8 Å². The van der Waals surface area contributed by atoms with Crippen molar-refractivity contribution >= 4 is 17.5 Å². The lowest BCUT2D eigenvalue weighted by Crippen LogP contribution is -2.36. The maximum absolute atomic E-state index is 5.76. The van der Waals surface area contributed by atoms with Crippen LogP contribution in [-0.4, -0.2) is 67.5 Å². The molecule has 22 heavy (non-hydrogen) atoms. The molecule has 0 unspecified atom stereocenters. The predicted molar refractivity (Wildman–Crippen MR) is 87.0 cm³/mol. The molecule has 1 aromatic heterocycles. The number of hydrogen-bond donors (Lipinski definition) is 1. The molecule has 1 aliphatic rings. The highest BCUT2D eigenvalue weighted by atomic mass is 32.1. The van der Waals surface area contributed by atoms with Crippen LogP contribution in [0, 0.1) is 0 Å². The van der Waals surface area contributed by atoms with Crippen LogP contribution in [0.5, 0.6) is 5.88 Å². The zero-order chi connectivity index (χ0) is 15.6. The van der Waals surface area contributed by atoms with Gasteiger partial charge < -0.3 is 24.4 Å². The smallest absolute Gasteiger partial charge is 0.270 e. The maximum atomic E-state index is 5.76. The first-order valence-corrected chi connectivity index (χ1v) is 8.61. The number of ether oxygens (including phenoxy) is 3. The quantitative estimate of drug-likeness (QED) is 0.646. The van der Waals surface area contributed by atoms with E-state index in [4.69, 9.17) is 14.2 Å². The Morgan fingerprint density at radius 2 is 2.05 bits per heavy atom. The van der Waals surface area contributed by atoms with Crippen LogP contribution in [0.3, 0.4) is 0 Å². The van der Waals surface area contributed by atoms with Gasteiger partial charge in [0.2, 0.25) is 5.82 Å². The maximum Gasteiger partial charge on any atom is 0.270 e. The van der Waals surface area contributed by atoms with E-state index in [1.54, 1.807) is 0 Å². The van der Waals surface area contributed by atoms with Gasteiger partial charge in [0.25, 0.3) is 5.88 Å². The topological polar surface area (TPSA) is 68.7 Å². The molecule has 1 fully saturated rings. The lowest BCUT2D eigenvalue weighted by atomic mass is 10.4. The van der Waals surface area contributed by atoms with Gasteiger partial charge in [0.05, 0.1) is 44.3 Å². The van der Waals surface area contributed by atoms with Crippen molar-refractivity contribution in [1.82, 2.24) is 14.1 Å². The summed E-state index contributed by atoms with van der Waals surface area (Å²) in [7, 11) is 0. The summed E-state index contributed by atoms with van der Waals surface area (Å²) in [6, 6.07) is 0. The van der Waals surface area contributed by atoms with Crippen LogP contribution >= 0.6 is 11.7 Å². The van der Waals surface area contributed by atoms with Crippen LogP contribution in [-0.2, 0) is 9.47 Å². The first-order valence-electron chi connectivity index (χ1n) is 7.87. The summed E-state index contributed by atoms with van der Waals surface area (Å²) < 4.78 is 25.2. The van der Waals surface area contributed by atoms with E-state index in [1.165, 1.54) is 11.7 Å². The number of hydrogen-bond acceptors (Lipinski definition) is 8. The van der Waals surface area contributed by atoms with E-state index < -0.39 is 0 Å². The van der Waals surface area contributed by atoms with Gasteiger partial charge in [-0.3, -0.25) is 0 Å². The van der Waals surface area contributed by atoms with Gasteiger partial charge in [-0.2, -0.15) is 4.37 Å². The summed E-state index contributed by atoms with van der Waals surface area (Å²) in [6.45, 7) is 10.4. The van der Waals surface area contributed by atoms with Crippen LogP contribution in [0.4, 0.5) is 5.82 Å². The number of nitrogens with zero attached hydrogens (tertiary/aromatic N) is 3. The molecule has 1 aliphatic heterocycles. The fraction of sp³-hybridized carbons (Fsp3) is 0.857. The predicted octanol–water partition coefficient (Wildman–Crippen LogP) is 1.16. The molecular weight excluding hydrogens is 304 g/mol. The Labute approximate surface area is 136 Å². The Morgan fingerprint density at radius 3 is 2.82 bits per heavy atom. The van der Waals surface area contributed by atoms with Gasteiger partial charge in [0.15, 0.2) is 0 Å². The van der Waals surface area contributed by atoms with Crippen molar-refractivity contribution < 1.29 is 14.2 Å². The van der Waals surface area contributed by atoms with Gasteiger partial charge >= 0.3 is 0 Å². The second kappa shape index (κ2) is 9.94. The highest BCUT2D eigenvalue weighted by Gasteiger charge is 2.19.